The average molecular weight is 167 g/mol. The van der Waals surface area contributed by atoms with E-state index in [1.807, 2.05) is 0 Å². The molecule has 0 saturated carbocycles. The van der Waals surface area contributed by atoms with Crippen molar-refractivity contribution in [1.82, 2.24) is 4.98 Å². The minimum absolute atomic E-state index is 0. The zero-order valence-corrected chi connectivity index (χ0v) is 4.57. The van der Waals surface area contributed by atoms with E-state index < -0.39 is 5.97 Å². The molecule has 1 heterocycles. The molecule has 10 heavy (non-hydrogen) atoms. The van der Waals surface area contributed by atoms with Gasteiger partial charge in [-0.1, -0.05) is 0 Å². The van der Waals surface area contributed by atoms with E-state index in [9.17, 15) is 4.79 Å². The summed E-state index contributed by atoms with van der Waals surface area (Å²) in [6.45, 7) is 0. The molecule has 0 fully saturated rings. The first-order chi connectivity index (χ1) is 4.29. The van der Waals surface area contributed by atoms with Gasteiger partial charge in [-0.2, -0.15) is 0 Å². The number of oxazole rings is 1. The number of rotatable bonds is 2. The number of hydrogen-bond acceptors (Lipinski definition) is 3. The summed E-state index contributed by atoms with van der Waals surface area (Å²) in [5, 5.41) is 8.19. The molecule has 5 heteroatoms. The Morgan fingerprint density at radius 2 is 2.50 bits per heavy atom. The summed E-state index contributed by atoms with van der Waals surface area (Å²) in [6, 6.07) is 0. The molecule has 0 radical (unpaired) electrons. The number of carbonyl (C=O) groups is 1. The van der Waals surface area contributed by atoms with Crippen molar-refractivity contribution < 1.29 is 14.3 Å². The van der Waals surface area contributed by atoms with Crippen LogP contribution >= 0.6 is 0 Å². The maximum absolute atomic E-state index is 9.97. The Balaban J connectivity index is 0.000000810. The summed E-state index contributed by atoms with van der Waals surface area (Å²) in [5.74, 6) is -0.694. The third-order valence-electron chi connectivity index (χ3n) is 0.786. The Labute approximate surface area is 100 Å². The van der Waals surface area contributed by atoms with Gasteiger partial charge in [0.1, 0.15) is 12.7 Å². The standard InChI is InChI=1S/C5H5NO3.K.H/c7-5(8)3-4-6-1-2-9-4;;/h1-2H,3H2,(H,7,8);;. The van der Waals surface area contributed by atoms with Gasteiger partial charge in [-0.3, -0.25) is 4.79 Å². The van der Waals surface area contributed by atoms with Gasteiger partial charge >= 0.3 is 57.4 Å². The number of hydrogen-bond donors (Lipinski definition) is 1. The van der Waals surface area contributed by atoms with Gasteiger partial charge in [0, 0.05) is 0 Å². The van der Waals surface area contributed by atoms with Crippen LogP contribution in [0.15, 0.2) is 16.9 Å². The van der Waals surface area contributed by atoms with E-state index in [0.717, 1.165) is 0 Å². The van der Waals surface area contributed by atoms with E-state index in [1.165, 1.54) is 12.5 Å². The number of aliphatic carboxylic acids is 1. The molecule has 0 aliphatic heterocycles. The third-order valence-corrected chi connectivity index (χ3v) is 0.786. The summed E-state index contributed by atoms with van der Waals surface area (Å²) in [5.41, 5.74) is 0. The summed E-state index contributed by atoms with van der Waals surface area (Å²) in [4.78, 5) is 13.6. The normalized spacial score (nSPS) is 8.40. The molecule has 0 unspecified atom stereocenters. The molecule has 0 aliphatic rings. The van der Waals surface area contributed by atoms with E-state index >= 15 is 0 Å². The Kier molecular flexibility index (Phi) is 5.19. The Morgan fingerprint density at radius 1 is 1.80 bits per heavy atom. The van der Waals surface area contributed by atoms with Crippen LogP contribution in [0.5, 0.6) is 0 Å². The van der Waals surface area contributed by atoms with Gasteiger partial charge < -0.3 is 9.52 Å². The number of carboxylic acids is 1. The second kappa shape index (κ2) is 5.03. The first-order valence-electron chi connectivity index (χ1n) is 2.39. The van der Waals surface area contributed by atoms with E-state index in [2.05, 4.69) is 9.40 Å². The molecule has 1 aromatic rings. The van der Waals surface area contributed by atoms with Crippen molar-refractivity contribution in [3.63, 3.8) is 0 Å². The molecule has 0 bridgehead atoms. The molecule has 0 aliphatic carbocycles. The van der Waals surface area contributed by atoms with Crippen LogP contribution in [0, 0.1) is 0 Å². The summed E-state index contributed by atoms with van der Waals surface area (Å²) in [7, 11) is 0. The van der Waals surface area contributed by atoms with Crippen LogP contribution in [0.4, 0.5) is 0 Å². The fourth-order valence-electron chi connectivity index (χ4n) is 0.470. The molecular weight excluding hydrogens is 161 g/mol. The van der Waals surface area contributed by atoms with Crippen LogP contribution in [0.2, 0.25) is 0 Å². The molecule has 0 spiro atoms. The Bertz CT molecular complexity index is 197. The predicted molar refractivity (Wildman–Crippen MR) is 35.0 cm³/mol. The topological polar surface area (TPSA) is 63.3 Å². The molecule has 0 amide bonds. The Hall–Kier alpha value is 0.316. The van der Waals surface area contributed by atoms with Crippen molar-refractivity contribution >= 4 is 57.4 Å². The predicted octanol–water partition coefficient (Wildman–Crippen LogP) is -0.347. The summed E-state index contributed by atoms with van der Waals surface area (Å²) >= 11 is 0. The monoisotopic (exact) mass is 167 g/mol. The van der Waals surface area contributed by atoms with Gasteiger partial charge in [0.15, 0.2) is 0 Å². The molecule has 0 atom stereocenters. The molecular formula is C5H6KNO3. The zero-order chi connectivity index (χ0) is 6.69. The van der Waals surface area contributed by atoms with Crippen LogP contribution in [-0.2, 0) is 11.2 Å². The van der Waals surface area contributed by atoms with E-state index in [1.54, 1.807) is 0 Å². The molecule has 4 nitrogen and oxygen atoms in total. The fraction of sp³-hybridized carbons (Fsp3) is 0.200. The van der Waals surface area contributed by atoms with Crippen LogP contribution < -0.4 is 0 Å². The van der Waals surface area contributed by atoms with Gasteiger partial charge in [-0.15, -0.1) is 0 Å². The average Bonchev–Trinajstić information content (AvgIpc) is 2.15. The van der Waals surface area contributed by atoms with Crippen molar-refractivity contribution in [1.29, 1.82) is 0 Å². The number of nitrogens with zero attached hydrogens (tertiary/aromatic N) is 1. The number of aromatic nitrogens is 1. The zero-order valence-electron chi connectivity index (χ0n) is 4.57. The fourth-order valence-corrected chi connectivity index (χ4v) is 0.470. The second-order valence-corrected chi connectivity index (χ2v) is 1.50. The van der Waals surface area contributed by atoms with Crippen molar-refractivity contribution in [3.8, 4) is 0 Å². The first kappa shape index (κ1) is 10.3. The van der Waals surface area contributed by atoms with Crippen molar-refractivity contribution in [2.45, 2.75) is 6.42 Å². The number of carboxylic acid groups (broad SMARTS) is 1. The quantitative estimate of drug-likeness (QED) is 0.612. The summed E-state index contributed by atoms with van der Waals surface area (Å²) < 4.78 is 4.65. The molecule has 0 saturated heterocycles. The minimum atomic E-state index is -0.933. The molecule has 1 N–H and O–H groups in total. The van der Waals surface area contributed by atoms with E-state index in [-0.39, 0.29) is 63.7 Å². The van der Waals surface area contributed by atoms with Crippen LogP contribution in [-0.4, -0.2) is 67.4 Å². The van der Waals surface area contributed by atoms with E-state index in [0.29, 0.717) is 0 Å². The van der Waals surface area contributed by atoms with Gasteiger partial charge in [0.25, 0.3) is 0 Å². The van der Waals surface area contributed by atoms with Crippen LogP contribution in [0.25, 0.3) is 0 Å². The van der Waals surface area contributed by atoms with Gasteiger partial charge in [-0.25, -0.2) is 4.98 Å². The third kappa shape index (κ3) is 3.48. The summed E-state index contributed by atoms with van der Waals surface area (Å²) in [6.07, 6.45) is 2.61. The van der Waals surface area contributed by atoms with Crippen molar-refractivity contribution in [3.05, 3.63) is 18.4 Å². The molecule has 50 valence electrons. The molecule has 1 rings (SSSR count). The second-order valence-electron chi connectivity index (χ2n) is 1.50. The van der Waals surface area contributed by atoms with Crippen molar-refractivity contribution in [2.24, 2.45) is 0 Å². The SMILES string of the molecule is O=C(O)Cc1ncco1.[KH]. The maximum atomic E-state index is 9.97. The molecule has 1 aromatic heterocycles. The van der Waals surface area contributed by atoms with Gasteiger partial charge in [0.2, 0.25) is 5.89 Å². The Morgan fingerprint density at radius 3 is 2.90 bits per heavy atom. The van der Waals surface area contributed by atoms with Crippen LogP contribution in [0.3, 0.4) is 0 Å². The van der Waals surface area contributed by atoms with Gasteiger partial charge in [-0.05, 0) is 0 Å². The van der Waals surface area contributed by atoms with E-state index in [4.69, 9.17) is 5.11 Å². The molecule has 0 aromatic carbocycles. The van der Waals surface area contributed by atoms with Crippen molar-refractivity contribution in [2.75, 3.05) is 0 Å². The first-order valence-corrected chi connectivity index (χ1v) is 2.39. The van der Waals surface area contributed by atoms with Gasteiger partial charge in [0.05, 0.1) is 6.20 Å². The van der Waals surface area contributed by atoms with Crippen LogP contribution in [0.1, 0.15) is 5.89 Å².